The van der Waals surface area contributed by atoms with Crippen LogP contribution in [0.15, 0.2) is 12.1 Å². The fraction of sp³-hybridized carbons (Fsp3) is 0.571. The Hall–Kier alpha value is -1.27. The van der Waals surface area contributed by atoms with Crippen LogP contribution in [0.2, 0.25) is 4.34 Å². The molecule has 116 valence electrons. The zero-order valence-corrected chi connectivity index (χ0v) is 13.2. The van der Waals surface area contributed by atoms with Crippen molar-refractivity contribution in [1.29, 1.82) is 0 Å². The lowest BCUT2D eigenvalue weighted by atomic mass is 9.82. The number of hydrogen-bond acceptors (Lipinski definition) is 3. The second-order valence-electron chi connectivity index (χ2n) is 5.33. The summed E-state index contributed by atoms with van der Waals surface area (Å²) in [5.74, 6) is -0.532. The van der Waals surface area contributed by atoms with E-state index in [0.717, 1.165) is 17.7 Å². The number of nitrogens with one attached hydrogen (secondary N) is 2. The number of thiophene rings is 1. The third kappa shape index (κ3) is 5.21. The van der Waals surface area contributed by atoms with Gasteiger partial charge in [0.15, 0.2) is 0 Å². The largest absolute Gasteiger partial charge is 0.481 e. The van der Waals surface area contributed by atoms with Gasteiger partial charge in [-0.05, 0) is 43.7 Å². The number of carboxylic acid groups (broad SMARTS) is 1. The highest BCUT2D eigenvalue weighted by atomic mass is 35.5. The Morgan fingerprint density at radius 1 is 1.24 bits per heavy atom. The number of carboxylic acids is 1. The molecule has 1 saturated carbocycles. The van der Waals surface area contributed by atoms with Gasteiger partial charge in [0.1, 0.15) is 0 Å². The van der Waals surface area contributed by atoms with Gasteiger partial charge in [-0.3, -0.25) is 4.79 Å². The normalized spacial score (nSPS) is 21.8. The monoisotopic (exact) mass is 330 g/mol. The first-order chi connectivity index (χ1) is 10.0. The summed E-state index contributed by atoms with van der Waals surface area (Å²) in [6.45, 7) is 1.07. The second kappa shape index (κ2) is 7.66. The molecular formula is C14H19ClN2O3S. The van der Waals surface area contributed by atoms with E-state index >= 15 is 0 Å². The minimum Gasteiger partial charge on any atom is -0.481 e. The van der Waals surface area contributed by atoms with Crippen LogP contribution in [-0.2, 0) is 11.3 Å². The van der Waals surface area contributed by atoms with Crippen LogP contribution < -0.4 is 10.6 Å². The molecule has 1 aromatic heterocycles. The predicted octanol–water partition coefficient (Wildman–Crippen LogP) is 3.09. The molecule has 0 aromatic carbocycles. The first-order valence-corrected chi connectivity index (χ1v) is 8.22. The van der Waals surface area contributed by atoms with Crippen LogP contribution >= 0.6 is 22.9 Å². The molecule has 0 radical (unpaired) electrons. The highest BCUT2D eigenvalue weighted by molar-refractivity contribution is 7.16. The third-order valence-corrected chi connectivity index (χ3v) is 5.03. The number of urea groups is 1. The Labute approximate surface area is 132 Å². The Bertz CT molecular complexity index is 498. The maximum atomic E-state index is 11.7. The van der Waals surface area contributed by atoms with Gasteiger partial charge in [0.05, 0.1) is 16.8 Å². The standard InChI is InChI=1S/C14H19ClN2O3S/c15-12-6-5-11(21-12)8-17-14(20)16-7-9-1-3-10(4-2-9)13(18)19/h5-6,9-10H,1-4,7-8H2,(H,18,19)(H2,16,17,20). The average molecular weight is 331 g/mol. The molecule has 5 nitrogen and oxygen atoms in total. The van der Waals surface area contributed by atoms with Gasteiger partial charge in [-0.15, -0.1) is 11.3 Å². The van der Waals surface area contributed by atoms with Crippen LogP contribution in [0.25, 0.3) is 0 Å². The van der Waals surface area contributed by atoms with Crippen LogP contribution in [0.5, 0.6) is 0 Å². The molecule has 0 atom stereocenters. The molecule has 7 heteroatoms. The number of carbonyl (C=O) groups is 2. The van der Waals surface area contributed by atoms with Gasteiger partial charge in [0, 0.05) is 11.4 Å². The molecule has 1 aliphatic carbocycles. The minimum absolute atomic E-state index is 0.195. The molecule has 1 aliphatic rings. The summed E-state index contributed by atoms with van der Waals surface area (Å²) in [4.78, 5) is 23.6. The molecule has 0 unspecified atom stereocenters. The first kappa shape index (κ1) is 16.1. The van der Waals surface area contributed by atoms with Gasteiger partial charge in [-0.2, -0.15) is 0 Å². The molecule has 0 bridgehead atoms. The van der Waals surface area contributed by atoms with Crippen molar-refractivity contribution in [3.8, 4) is 0 Å². The molecule has 1 fully saturated rings. The van der Waals surface area contributed by atoms with E-state index in [1.165, 1.54) is 11.3 Å². The van der Waals surface area contributed by atoms with E-state index in [-0.39, 0.29) is 11.9 Å². The minimum atomic E-state index is -0.700. The average Bonchev–Trinajstić information content (AvgIpc) is 2.89. The maximum absolute atomic E-state index is 11.7. The molecule has 0 saturated heterocycles. The number of halogens is 1. The molecule has 0 spiro atoms. The quantitative estimate of drug-likeness (QED) is 0.776. The summed E-state index contributed by atoms with van der Waals surface area (Å²) >= 11 is 7.27. The van der Waals surface area contributed by atoms with Crippen molar-refractivity contribution >= 4 is 34.9 Å². The Morgan fingerprint density at radius 2 is 1.95 bits per heavy atom. The van der Waals surface area contributed by atoms with Crippen molar-refractivity contribution in [2.75, 3.05) is 6.54 Å². The fourth-order valence-electron chi connectivity index (χ4n) is 2.53. The lowest BCUT2D eigenvalue weighted by molar-refractivity contribution is -0.143. The highest BCUT2D eigenvalue weighted by Crippen LogP contribution is 2.28. The van der Waals surface area contributed by atoms with Crippen molar-refractivity contribution in [3.05, 3.63) is 21.3 Å². The Balaban J connectivity index is 1.62. The summed E-state index contributed by atoms with van der Waals surface area (Å²) < 4.78 is 0.711. The molecular weight excluding hydrogens is 312 g/mol. The Morgan fingerprint density at radius 3 is 2.52 bits per heavy atom. The highest BCUT2D eigenvalue weighted by Gasteiger charge is 2.25. The number of carbonyl (C=O) groups excluding carboxylic acids is 1. The molecule has 2 rings (SSSR count). The SMILES string of the molecule is O=C(NCc1ccc(Cl)s1)NCC1CCC(C(=O)O)CC1. The zero-order valence-electron chi connectivity index (χ0n) is 11.6. The number of hydrogen-bond donors (Lipinski definition) is 3. The topological polar surface area (TPSA) is 78.4 Å². The van der Waals surface area contributed by atoms with E-state index in [9.17, 15) is 9.59 Å². The first-order valence-electron chi connectivity index (χ1n) is 7.03. The van der Waals surface area contributed by atoms with Gasteiger partial charge in [0.2, 0.25) is 0 Å². The van der Waals surface area contributed by atoms with Crippen molar-refractivity contribution in [2.24, 2.45) is 11.8 Å². The van der Waals surface area contributed by atoms with Crippen molar-refractivity contribution in [3.63, 3.8) is 0 Å². The summed E-state index contributed by atoms with van der Waals surface area (Å²) in [6.07, 6.45) is 3.13. The van der Waals surface area contributed by atoms with Crippen LogP contribution in [0, 0.1) is 11.8 Å². The van der Waals surface area contributed by atoms with Crippen molar-refractivity contribution in [2.45, 2.75) is 32.2 Å². The molecule has 0 aliphatic heterocycles. The summed E-state index contributed by atoms with van der Waals surface area (Å²) in [7, 11) is 0. The molecule has 21 heavy (non-hydrogen) atoms. The molecule has 1 heterocycles. The fourth-order valence-corrected chi connectivity index (χ4v) is 3.55. The van der Waals surface area contributed by atoms with Gasteiger partial charge < -0.3 is 15.7 Å². The number of amides is 2. The zero-order chi connectivity index (χ0) is 15.2. The van der Waals surface area contributed by atoms with E-state index in [1.807, 2.05) is 12.1 Å². The van der Waals surface area contributed by atoms with E-state index in [4.69, 9.17) is 16.7 Å². The lowest BCUT2D eigenvalue weighted by Crippen LogP contribution is -2.38. The maximum Gasteiger partial charge on any atom is 0.315 e. The van der Waals surface area contributed by atoms with E-state index in [2.05, 4.69) is 10.6 Å². The number of aliphatic carboxylic acids is 1. The van der Waals surface area contributed by atoms with Gasteiger partial charge in [0.25, 0.3) is 0 Å². The van der Waals surface area contributed by atoms with Crippen LogP contribution in [0.3, 0.4) is 0 Å². The van der Waals surface area contributed by atoms with E-state index in [0.29, 0.717) is 36.2 Å². The van der Waals surface area contributed by atoms with Gasteiger partial charge >= 0.3 is 12.0 Å². The van der Waals surface area contributed by atoms with Crippen LogP contribution in [-0.4, -0.2) is 23.7 Å². The van der Waals surface area contributed by atoms with Crippen LogP contribution in [0.1, 0.15) is 30.6 Å². The van der Waals surface area contributed by atoms with Crippen molar-refractivity contribution in [1.82, 2.24) is 10.6 Å². The number of rotatable bonds is 5. The Kier molecular flexibility index (Phi) is 5.87. The van der Waals surface area contributed by atoms with E-state index in [1.54, 1.807) is 0 Å². The lowest BCUT2D eigenvalue weighted by Gasteiger charge is -2.26. The summed E-state index contributed by atoms with van der Waals surface area (Å²) in [5, 5.41) is 14.6. The van der Waals surface area contributed by atoms with Crippen molar-refractivity contribution < 1.29 is 14.7 Å². The van der Waals surface area contributed by atoms with Crippen LogP contribution in [0.4, 0.5) is 4.79 Å². The predicted molar refractivity (Wildman–Crippen MR) is 82.7 cm³/mol. The third-order valence-electron chi connectivity index (χ3n) is 3.80. The molecule has 2 amide bonds. The summed E-state index contributed by atoms with van der Waals surface area (Å²) in [6, 6.07) is 3.50. The van der Waals surface area contributed by atoms with Gasteiger partial charge in [-0.25, -0.2) is 4.79 Å². The second-order valence-corrected chi connectivity index (χ2v) is 7.12. The molecule has 3 N–H and O–H groups in total. The van der Waals surface area contributed by atoms with E-state index < -0.39 is 5.97 Å². The van der Waals surface area contributed by atoms with Gasteiger partial charge in [-0.1, -0.05) is 11.6 Å². The molecule has 1 aromatic rings. The summed E-state index contributed by atoms with van der Waals surface area (Å²) in [5.41, 5.74) is 0. The smallest absolute Gasteiger partial charge is 0.315 e.